The van der Waals surface area contributed by atoms with E-state index in [0.717, 1.165) is 10.0 Å². The van der Waals surface area contributed by atoms with Crippen LogP contribution < -0.4 is 10.3 Å². The number of aromatic amines is 1. The number of rotatable bonds is 3. The summed E-state index contributed by atoms with van der Waals surface area (Å²) in [5, 5.41) is 2.87. The number of hydrogen-bond donors (Lipinski definition) is 1. The highest BCUT2D eigenvalue weighted by Crippen LogP contribution is 2.15. The Balaban J connectivity index is 2.01. The molecule has 1 heterocycles. The fourth-order valence-corrected chi connectivity index (χ4v) is 1.93. The average molecular weight is 292 g/mol. The number of pyridine rings is 1. The second kappa shape index (κ2) is 5.59. The van der Waals surface area contributed by atoms with Gasteiger partial charge in [-0.1, -0.05) is 12.1 Å². The minimum atomic E-state index is -0.0784. The zero-order valence-corrected chi connectivity index (χ0v) is 10.7. The van der Waals surface area contributed by atoms with E-state index < -0.39 is 0 Å². The molecule has 0 aliphatic carbocycles. The molecule has 3 nitrogen and oxygen atoms in total. The van der Waals surface area contributed by atoms with Crippen LogP contribution in [0.4, 0.5) is 0 Å². The topological polar surface area (TPSA) is 43.2 Å². The van der Waals surface area contributed by atoms with Crippen molar-refractivity contribution in [3.63, 3.8) is 0 Å². The van der Waals surface area contributed by atoms with Crippen molar-refractivity contribution < 1.29 is 9.78 Å². The van der Waals surface area contributed by atoms with E-state index in [9.17, 15) is 4.79 Å². The average Bonchev–Trinajstić information content (AvgIpc) is 2.38. The predicted molar refractivity (Wildman–Crippen MR) is 68.3 cm³/mol. The van der Waals surface area contributed by atoms with Gasteiger partial charge in [0.25, 0.3) is 5.91 Å². The number of hydrogen-bond acceptors (Lipinski definition) is 1. The van der Waals surface area contributed by atoms with Gasteiger partial charge in [0.1, 0.15) is 0 Å². The summed E-state index contributed by atoms with van der Waals surface area (Å²) >= 11 is 3.36. The normalized spacial score (nSPS) is 9.94. The van der Waals surface area contributed by atoms with Crippen LogP contribution in [0, 0.1) is 0 Å². The molecule has 0 spiro atoms. The Morgan fingerprint density at radius 1 is 1.18 bits per heavy atom. The lowest BCUT2D eigenvalue weighted by Crippen LogP contribution is -2.23. The van der Waals surface area contributed by atoms with Gasteiger partial charge in [0, 0.05) is 23.2 Å². The second-order valence-electron chi connectivity index (χ2n) is 3.57. The Morgan fingerprint density at radius 2 is 1.88 bits per heavy atom. The standard InChI is InChI=1S/C13H11BrN2O/c14-12-4-2-1-3-11(12)13(17)16-9-10-5-7-15-8-6-10/h1-8H,9H2,(H,16,17)/p+1. The third-order valence-corrected chi connectivity index (χ3v) is 3.05. The minimum Gasteiger partial charge on any atom is -0.348 e. The summed E-state index contributed by atoms with van der Waals surface area (Å²) in [6.07, 6.45) is 3.67. The Bertz CT molecular complexity index is 514. The van der Waals surface area contributed by atoms with Gasteiger partial charge in [0.05, 0.1) is 5.56 Å². The Hall–Kier alpha value is -1.68. The number of aromatic nitrogens is 1. The van der Waals surface area contributed by atoms with Crippen molar-refractivity contribution in [2.45, 2.75) is 6.54 Å². The maximum absolute atomic E-state index is 11.9. The Morgan fingerprint density at radius 3 is 2.59 bits per heavy atom. The molecule has 2 aromatic rings. The van der Waals surface area contributed by atoms with Gasteiger partial charge in [-0.2, -0.15) is 0 Å². The number of benzene rings is 1. The van der Waals surface area contributed by atoms with Gasteiger partial charge < -0.3 is 5.32 Å². The van der Waals surface area contributed by atoms with Gasteiger partial charge in [-0.15, -0.1) is 0 Å². The van der Waals surface area contributed by atoms with E-state index in [-0.39, 0.29) is 5.91 Å². The van der Waals surface area contributed by atoms with Crippen LogP contribution in [0.1, 0.15) is 15.9 Å². The maximum Gasteiger partial charge on any atom is 0.252 e. The summed E-state index contributed by atoms with van der Waals surface area (Å²) in [6, 6.07) is 11.2. The number of nitrogens with one attached hydrogen (secondary N) is 2. The van der Waals surface area contributed by atoms with E-state index in [1.807, 2.05) is 42.7 Å². The van der Waals surface area contributed by atoms with Crippen molar-refractivity contribution in [2.24, 2.45) is 0 Å². The molecule has 0 saturated carbocycles. The second-order valence-corrected chi connectivity index (χ2v) is 4.43. The molecule has 0 bridgehead atoms. The lowest BCUT2D eigenvalue weighted by molar-refractivity contribution is -0.378. The van der Waals surface area contributed by atoms with Crippen molar-refractivity contribution in [3.8, 4) is 0 Å². The summed E-state index contributed by atoms with van der Waals surface area (Å²) in [4.78, 5) is 14.8. The molecular formula is C13H12BrN2O+. The van der Waals surface area contributed by atoms with Crippen LogP contribution >= 0.6 is 15.9 Å². The van der Waals surface area contributed by atoms with Crippen molar-refractivity contribution in [3.05, 3.63) is 64.4 Å². The Labute approximate surface area is 108 Å². The highest BCUT2D eigenvalue weighted by Gasteiger charge is 2.08. The molecule has 1 amide bonds. The molecule has 0 aliphatic rings. The number of H-pyrrole nitrogens is 1. The van der Waals surface area contributed by atoms with E-state index >= 15 is 0 Å². The van der Waals surface area contributed by atoms with E-state index in [4.69, 9.17) is 0 Å². The van der Waals surface area contributed by atoms with Crippen LogP contribution in [0.3, 0.4) is 0 Å². The van der Waals surface area contributed by atoms with Crippen LogP contribution in [0.2, 0.25) is 0 Å². The molecule has 1 aromatic heterocycles. The molecule has 0 aliphatic heterocycles. The van der Waals surface area contributed by atoms with Gasteiger partial charge in [0.15, 0.2) is 12.4 Å². The fraction of sp³-hybridized carbons (Fsp3) is 0.0769. The summed E-state index contributed by atoms with van der Waals surface area (Å²) in [6.45, 7) is 0.523. The maximum atomic E-state index is 11.9. The van der Waals surface area contributed by atoms with Crippen molar-refractivity contribution >= 4 is 21.8 Å². The van der Waals surface area contributed by atoms with Gasteiger partial charge in [-0.25, -0.2) is 4.98 Å². The fourth-order valence-electron chi connectivity index (χ4n) is 1.46. The van der Waals surface area contributed by atoms with Gasteiger partial charge in [0.2, 0.25) is 0 Å². The molecule has 0 saturated heterocycles. The highest BCUT2D eigenvalue weighted by atomic mass is 79.9. The molecule has 0 unspecified atom stereocenters. The lowest BCUT2D eigenvalue weighted by atomic mass is 10.2. The van der Waals surface area contributed by atoms with Crippen LogP contribution in [-0.4, -0.2) is 5.91 Å². The van der Waals surface area contributed by atoms with Crippen LogP contribution in [0.15, 0.2) is 53.3 Å². The van der Waals surface area contributed by atoms with Gasteiger partial charge in [-0.3, -0.25) is 4.79 Å². The van der Waals surface area contributed by atoms with E-state index in [2.05, 4.69) is 26.2 Å². The molecule has 0 radical (unpaired) electrons. The molecule has 86 valence electrons. The molecule has 2 rings (SSSR count). The number of carbonyl (C=O) groups excluding carboxylic acids is 1. The largest absolute Gasteiger partial charge is 0.348 e. The summed E-state index contributed by atoms with van der Waals surface area (Å²) < 4.78 is 0.805. The highest BCUT2D eigenvalue weighted by molar-refractivity contribution is 9.10. The third kappa shape index (κ3) is 3.14. The monoisotopic (exact) mass is 291 g/mol. The molecule has 2 N–H and O–H groups in total. The first-order chi connectivity index (χ1) is 8.27. The SMILES string of the molecule is O=C(NCc1cc[nH+]cc1)c1ccccc1Br. The number of amides is 1. The molecule has 17 heavy (non-hydrogen) atoms. The van der Waals surface area contributed by atoms with E-state index in [1.165, 1.54) is 0 Å². The summed E-state index contributed by atoms with van der Waals surface area (Å²) in [5.74, 6) is -0.0784. The smallest absolute Gasteiger partial charge is 0.252 e. The molecule has 1 aromatic carbocycles. The number of halogens is 1. The molecule has 4 heteroatoms. The van der Waals surface area contributed by atoms with Gasteiger partial charge >= 0.3 is 0 Å². The quantitative estimate of drug-likeness (QED) is 0.926. The molecular weight excluding hydrogens is 280 g/mol. The van der Waals surface area contributed by atoms with Crippen LogP contribution in [-0.2, 0) is 6.54 Å². The first kappa shape index (κ1) is 11.8. The zero-order chi connectivity index (χ0) is 12.1. The summed E-state index contributed by atoms with van der Waals surface area (Å²) in [5.41, 5.74) is 1.71. The van der Waals surface area contributed by atoms with E-state index in [1.54, 1.807) is 6.07 Å². The van der Waals surface area contributed by atoms with Crippen LogP contribution in [0.25, 0.3) is 0 Å². The third-order valence-electron chi connectivity index (χ3n) is 2.36. The van der Waals surface area contributed by atoms with Crippen LogP contribution in [0.5, 0.6) is 0 Å². The van der Waals surface area contributed by atoms with Crippen molar-refractivity contribution in [2.75, 3.05) is 0 Å². The minimum absolute atomic E-state index is 0.0784. The first-order valence-corrected chi connectivity index (χ1v) is 6.04. The van der Waals surface area contributed by atoms with Gasteiger partial charge in [-0.05, 0) is 33.6 Å². The Kier molecular flexibility index (Phi) is 3.88. The van der Waals surface area contributed by atoms with Crippen molar-refractivity contribution in [1.29, 1.82) is 0 Å². The van der Waals surface area contributed by atoms with Crippen molar-refractivity contribution in [1.82, 2.24) is 5.32 Å². The molecule has 0 atom stereocenters. The zero-order valence-electron chi connectivity index (χ0n) is 9.11. The first-order valence-electron chi connectivity index (χ1n) is 5.25. The summed E-state index contributed by atoms with van der Waals surface area (Å²) in [7, 11) is 0. The number of carbonyl (C=O) groups is 1. The molecule has 0 fully saturated rings. The predicted octanol–water partition coefficient (Wildman–Crippen LogP) is 2.19. The van der Waals surface area contributed by atoms with E-state index in [0.29, 0.717) is 12.1 Å². The lowest BCUT2D eigenvalue weighted by Gasteiger charge is -2.05.